The number of hydrogen-bond donors (Lipinski definition) is 2. The molecule has 0 saturated carbocycles. The van der Waals surface area contributed by atoms with E-state index < -0.39 is 0 Å². The van der Waals surface area contributed by atoms with Crippen LogP contribution in [0.3, 0.4) is 0 Å². The molecule has 2 N–H and O–H groups in total. The molecule has 1 heterocycles. The highest BCUT2D eigenvalue weighted by atomic mass is 35.5. The first kappa shape index (κ1) is 22.0. The maximum Gasteiger partial charge on any atom is 0.409 e. The normalized spacial score (nSPS) is 14.5. The number of benzene rings is 1. The molecule has 1 aliphatic heterocycles. The number of carbonyl (C=O) groups excluding carboxylic acids is 3. The highest BCUT2D eigenvalue weighted by Crippen LogP contribution is 2.19. The van der Waals surface area contributed by atoms with Crippen LogP contribution in [0.25, 0.3) is 0 Å². The summed E-state index contributed by atoms with van der Waals surface area (Å²) < 4.78 is 10.1. The molecule has 0 spiro atoms. The van der Waals surface area contributed by atoms with Gasteiger partial charge < -0.3 is 25.0 Å². The molecule has 0 aliphatic carbocycles. The highest BCUT2D eigenvalue weighted by molar-refractivity contribution is 6.31. The van der Waals surface area contributed by atoms with Crippen molar-refractivity contribution in [1.29, 1.82) is 0 Å². The van der Waals surface area contributed by atoms with E-state index in [-0.39, 0.29) is 37.2 Å². The number of carbonyl (C=O) groups is 3. The van der Waals surface area contributed by atoms with Gasteiger partial charge in [0.15, 0.2) is 0 Å². The Hall–Kier alpha value is -2.32. The van der Waals surface area contributed by atoms with Crippen molar-refractivity contribution in [3.8, 4) is 0 Å². The van der Waals surface area contributed by atoms with Gasteiger partial charge in [-0.15, -0.1) is 0 Å². The third kappa shape index (κ3) is 7.01. The Balaban J connectivity index is 1.63. The molecule has 0 unspecified atom stereocenters. The lowest BCUT2D eigenvalue weighted by atomic mass is 10.1. The first-order valence-electron chi connectivity index (χ1n) is 9.23. The van der Waals surface area contributed by atoms with E-state index >= 15 is 0 Å². The third-order valence-electron chi connectivity index (χ3n) is 4.31. The second-order valence-electron chi connectivity index (χ2n) is 6.53. The van der Waals surface area contributed by atoms with Crippen molar-refractivity contribution in [2.75, 3.05) is 38.2 Å². The summed E-state index contributed by atoms with van der Waals surface area (Å²) in [5.41, 5.74) is 1.49. The predicted octanol–water partition coefficient (Wildman–Crippen LogP) is 2.34. The maximum atomic E-state index is 12.0. The van der Waals surface area contributed by atoms with E-state index in [2.05, 4.69) is 10.6 Å². The van der Waals surface area contributed by atoms with E-state index in [9.17, 15) is 14.4 Å². The van der Waals surface area contributed by atoms with Crippen molar-refractivity contribution in [3.63, 3.8) is 0 Å². The number of nitrogens with zero attached hydrogens (tertiary/aromatic N) is 1. The molecule has 2 rings (SSSR count). The second kappa shape index (κ2) is 10.9. The van der Waals surface area contributed by atoms with Gasteiger partial charge in [-0.2, -0.15) is 0 Å². The van der Waals surface area contributed by atoms with Crippen molar-refractivity contribution in [2.45, 2.75) is 32.7 Å². The van der Waals surface area contributed by atoms with Crippen LogP contribution in [0.5, 0.6) is 0 Å². The second-order valence-corrected chi connectivity index (χ2v) is 6.94. The van der Waals surface area contributed by atoms with Gasteiger partial charge in [-0.25, -0.2) is 4.79 Å². The van der Waals surface area contributed by atoms with Crippen LogP contribution in [0.2, 0.25) is 5.02 Å². The molecule has 8 nitrogen and oxygen atoms in total. The molecule has 0 radical (unpaired) electrons. The van der Waals surface area contributed by atoms with Gasteiger partial charge in [0, 0.05) is 29.8 Å². The van der Waals surface area contributed by atoms with Crippen molar-refractivity contribution in [2.24, 2.45) is 0 Å². The van der Waals surface area contributed by atoms with Gasteiger partial charge in [0.2, 0.25) is 11.8 Å². The zero-order valence-electron chi connectivity index (χ0n) is 16.1. The lowest BCUT2D eigenvalue weighted by Gasteiger charge is -2.31. The molecule has 1 aromatic rings. The molecule has 0 bridgehead atoms. The lowest BCUT2D eigenvalue weighted by molar-refractivity contribution is -0.129. The standard InChI is InChI=1S/C19H26ClN3O5/c1-3-28-19(26)23-8-6-14(7-9-23)21-17(24)11-27-12-18(25)22-15-5-4-13(2)16(20)10-15/h4-5,10,14H,3,6-9,11-12H2,1-2H3,(H,21,24)(H,22,25). The van der Waals surface area contributed by atoms with Crippen LogP contribution in [0, 0.1) is 6.92 Å². The molecule has 1 aromatic carbocycles. The summed E-state index contributed by atoms with van der Waals surface area (Å²) in [6.45, 7) is 4.60. The van der Waals surface area contributed by atoms with E-state index in [0.717, 1.165) is 5.56 Å². The van der Waals surface area contributed by atoms with Crippen LogP contribution in [-0.2, 0) is 19.1 Å². The first-order valence-corrected chi connectivity index (χ1v) is 9.61. The summed E-state index contributed by atoms with van der Waals surface area (Å²) in [4.78, 5) is 37.1. The van der Waals surface area contributed by atoms with Crippen LogP contribution in [0.15, 0.2) is 18.2 Å². The zero-order chi connectivity index (χ0) is 20.5. The summed E-state index contributed by atoms with van der Waals surface area (Å²) in [6.07, 6.45) is 0.981. The Morgan fingerprint density at radius 1 is 1.18 bits per heavy atom. The van der Waals surface area contributed by atoms with Gasteiger partial charge in [0.1, 0.15) is 13.2 Å². The summed E-state index contributed by atoms with van der Waals surface area (Å²) >= 11 is 6.01. The Morgan fingerprint density at radius 3 is 2.50 bits per heavy atom. The molecular weight excluding hydrogens is 386 g/mol. The number of aryl methyl sites for hydroxylation is 1. The van der Waals surface area contributed by atoms with Crippen LogP contribution in [0.4, 0.5) is 10.5 Å². The average molecular weight is 412 g/mol. The quantitative estimate of drug-likeness (QED) is 0.717. The van der Waals surface area contributed by atoms with Gasteiger partial charge >= 0.3 is 6.09 Å². The fourth-order valence-electron chi connectivity index (χ4n) is 2.79. The van der Waals surface area contributed by atoms with Gasteiger partial charge in [0.05, 0.1) is 6.61 Å². The number of halogens is 1. The average Bonchev–Trinajstić information content (AvgIpc) is 2.65. The molecule has 3 amide bonds. The summed E-state index contributed by atoms with van der Waals surface area (Å²) in [7, 11) is 0. The fraction of sp³-hybridized carbons (Fsp3) is 0.526. The molecule has 1 saturated heterocycles. The molecule has 0 aromatic heterocycles. The minimum Gasteiger partial charge on any atom is -0.450 e. The van der Waals surface area contributed by atoms with E-state index in [1.807, 2.05) is 6.92 Å². The van der Waals surface area contributed by atoms with Crippen molar-refractivity contribution in [1.82, 2.24) is 10.2 Å². The topological polar surface area (TPSA) is 97.0 Å². The molecule has 154 valence electrons. The molecule has 1 aliphatic rings. The molecule has 9 heteroatoms. The number of likely N-dealkylation sites (tertiary alicyclic amines) is 1. The Morgan fingerprint density at radius 2 is 1.86 bits per heavy atom. The van der Waals surface area contributed by atoms with Crippen molar-refractivity contribution >= 4 is 35.2 Å². The van der Waals surface area contributed by atoms with E-state index in [1.165, 1.54) is 0 Å². The SMILES string of the molecule is CCOC(=O)N1CCC(NC(=O)COCC(=O)Nc2ccc(C)c(Cl)c2)CC1. The van der Waals surface area contributed by atoms with Gasteiger partial charge in [-0.3, -0.25) is 9.59 Å². The molecule has 0 atom stereocenters. The van der Waals surface area contributed by atoms with Crippen molar-refractivity contribution < 1.29 is 23.9 Å². The van der Waals surface area contributed by atoms with E-state index in [1.54, 1.807) is 30.0 Å². The minimum absolute atomic E-state index is 0.0229. The maximum absolute atomic E-state index is 12.0. The number of piperidine rings is 1. The summed E-state index contributed by atoms with van der Waals surface area (Å²) in [5.74, 6) is -0.656. The fourth-order valence-corrected chi connectivity index (χ4v) is 2.98. The minimum atomic E-state index is -0.365. The number of nitrogens with one attached hydrogen (secondary N) is 2. The molecular formula is C19H26ClN3O5. The molecule has 28 heavy (non-hydrogen) atoms. The smallest absolute Gasteiger partial charge is 0.409 e. The Bertz CT molecular complexity index is 705. The Labute approximate surface area is 169 Å². The third-order valence-corrected chi connectivity index (χ3v) is 4.72. The highest BCUT2D eigenvalue weighted by Gasteiger charge is 2.24. The number of rotatable bonds is 7. The van der Waals surface area contributed by atoms with Crippen molar-refractivity contribution in [3.05, 3.63) is 28.8 Å². The first-order chi connectivity index (χ1) is 13.4. The van der Waals surface area contributed by atoms with Crippen LogP contribution < -0.4 is 10.6 Å². The van der Waals surface area contributed by atoms with Crippen LogP contribution >= 0.6 is 11.6 Å². The number of anilines is 1. The summed E-state index contributed by atoms with van der Waals surface area (Å²) in [6, 6.07) is 5.18. The molecule has 1 fully saturated rings. The lowest BCUT2D eigenvalue weighted by Crippen LogP contribution is -2.47. The number of hydrogen-bond acceptors (Lipinski definition) is 5. The van der Waals surface area contributed by atoms with E-state index in [4.69, 9.17) is 21.1 Å². The Kier molecular flexibility index (Phi) is 8.53. The van der Waals surface area contributed by atoms with Gasteiger partial charge in [0.25, 0.3) is 0 Å². The zero-order valence-corrected chi connectivity index (χ0v) is 16.9. The van der Waals surface area contributed by atoms with Gasteiger partial charge in [-0.05, 0) is 44.4 Å². The van der Waals surface area contributed by atoms with Gasteiger partial charge in [-0.1, -0.05) is 17.7 Å². The van der Waals surface area contributed by atoms with Crippen LogP contribution in [0.1, 0.15) is 25.3 Å². The number of ether oxygens (including phenoxy) is 2. The largest absolute Gasteiger partial charge is 0.450 e. The number of amides is 3. The summed E-state index contributed by atoms with van der Waals surface area (Å²) in [5, 5.41) is 6.08. The van der Waals surface area contributed by atoms with Crippen LogP contribution in [-0.4, -0.2) is 61.8 Å². The predicted molar refractivity (Wildman–Crippen MR) is 105 cm³/mol. The monoisotopic (exact) mass is 411 g/mol. The van der Waals surface area contributed by atoms with E-state index in [0.29, 0.717) is 43.2 Å².